The van der Waals surface area contributed by atoms with Gasteiger partial charge in [0.2, 0.25) is 0 Å². The fourth-order valence-corrected chi connectivity index (χ4v) is 2.32. The fourth-order valence-electron chi connectivity index (χ4n) is 2.32. The number of anilines is 1. The highest BCUT2D eigenvalue weighted by molar-refractivity contribution is 5.95. The summed E-state index contributed by atoms with van der Waals surface area (Å²) in [5.74, 6) is -1.15. The van der Waals surface area contributed by atoms with Crippen molar-refractivity contribution >= 4 is 23.5 Å². The lowest BCUT2D eigenvalue weighted by Crippen LogP contribution is -2.40. The lowest BCUT2D eigenvalue weighted by Gasteiger charge is -2.13. The number of hydrogen-bond donors (Lipinski definition) is 2. The van der Waals surface area contributed by atoms with E-state index >= 15 is 0 Å². The summed E-state index contributed by atoms with van der Waals surface area (Å²) in [5.41, 5.74) is 1.82. The Labute approximate surface area is 158 Å². The van der Waals surface area contributed by atoms with Gasteiger partial charge in [-0.2, -0.15) is 0 Å². The summed E-state index contributed by atoms with van der Waals surface area (Å²) in [6.07, 6.45) is 2.40. The molecule has 0 saturated carbocycles. The van der Waals surface area contributed by atoms with Crippen LogP contribution in [-0.2, 0) is 14.3 Å². The maximum absolute atomic E-state index is 11.9. The highest BCUT2D eigenvalue weighted by atomic mass is 16.5. The van der Waals surface area contributed by atoms with E-state index in [1.165, 1.54) is 24.8 Å². The fraction of sp³-hybridized carbons (Fsp3) is 0.350. The molecule has 2 amide bonds. The molecule has 0 saturated heterocycles. The van der Waals surface area contributed by atoms with E-state index in [1.807, 2.05) is 24.3 Å². The van der Waals surface area contributed by atoms with Crippen molar-refractivity contribution in [2.24, 2.45) is 0 Å². The number of rotatable bonds is 8. The van der Waals surface area contributed by atoms with Crippen LogP contribution < -0.4 is 10.6 Å². The maximum Gasteiger partial charge on any atom is 0.328 e. The number of amides is 2. The molecule has 2 atom stereocenters. The van der Waals surface area contributed by atoms with Crippen molar-refractivity contribution < 1.29 is 23.5 Å². The minimum Gasteiger partial charge on any atom is -0.459 e. The molecule has 0 aliphatic rings. The number of benzene rings is 1. The maximum atomic E-state index is 11.9. The first kappa shape index (κ1) is 20.2. The molecule has 0 aliphatic heterocycles. The Kier molecular flexibility index (Phi) is 7.16. The van der Waals surface area contributed by atoms with E-state index in [4.69, 9.17) is 9.15 Å². The predicted octanol–water partition coefficient (Wildman–Crippen LogP) is 3.09. The molecule has 0 radical (unpaired) electrons. The number of furan rings is 1. The van der Waals surface area contributed by atoms with Crippen LogP contribution in [0.2, 0.25) is 0 Å². The van der Waals surface area contributed by atoms with Crippen molar-refractivity contribution in [3.8, 4) is 0 Å². The second-order valence-electron chi connectivity index (χ2n) is 6.26. The summed E-state index contributed by atoms with van der Waals surface area (Å²) in [7, 11) is 0. The van der Waals surface area contributed by atoms with Crippen LogP contribution in [0.1, 0.15) is 49.2 Å². The Morgan fingerprint density at radius 1 is 1.11 bits per heavy atom. The van der Waals surface area contributed by atoms with E-state index in [2.05, 4.69) is 24.5 Å². The minimum absolute atomic E-state index is 0.0910. The van der Waals surface area contributed by atoms with Gasteiger partial charge in [-0.05, 0) is 49.1 Å². The Bertz CT molecular complexity index is 768. The van der Waals surface area contributed by atoms with Gasteiger partial charge in [-0.25, -0.2) is 4.79 Å². The zero-order chi connectivity index (χ0) is 19.8. The van der Waals surface area contributed by atoms with Gasteiger partial charge in [-0.15, -0.1) is 0 Å². The van der Waals surface area contributed by atoms with E-state index in [1.54, 1.807) is 6.07 Å². The average molecular weight is 372 g/mol. The molecular weight excluding hydrogens is 348 g/mol. The zero-order valence-corrected chi connectivity index (χ0v) is 15.7. The molecule has 0 bridgehead atoms. The minimum atomic E-state index is -0.912. The SMILES string of the molecule is CC[C@H](C)c1ccc(NC(=O)COC(=O)[C@H](C)NC(=O)c2ccco2)cc1. The van der Waals surface area contributed by atoms with Gasteiger partial charge in [-0.1, -0.05) is 26.0 Å². The van der Waals surface area contributed by atoms with Gasteiger partial charge in [0.1, 0.15) is 6.04 Å². The molecule has 7 nitrogen and oxygen atoms in total. The van der Waals surface area contributed by atoms with Crippen molar-refractivity contribution in [2.75, 3.05) is 11.9 Å². The first-order chi connectivity index (χ1) is 12.9. The number of carbonyl (C=O) groups is 3. The van der Waals surface area contributed by atoms with E-state index in [0.29, 0.717) is 11.6 Å². The normalized spacial score (nSPS) is 12.7. The molecular formula is C20H24N2O5. The van der Waals surface area contributed by atoms with Gasteiger partial charge in [0.05, 0.1) is 6.26 Å². The van der Waals surface area contributed by atoms with Crippen molar-refractivity contribution in [1.29, 1.82) is 0 Å². The molecule has 0 unspecified atom stereocenters. The van der Waals surface area contributed by atoms with E-state index in [9.17, 15) is 14.4 Å². The smallest absolute Gasteiger partial charge is 0.328 e. The molecule has 27 heavy (non-hydrogen) atoms. The summed E-state index contributed by atoms with van der Waals surface area (Å²) in [4.78, 5) is 35.6. The average Bonchev–Trinajstić information content (AvgIpc) is 3.21. The van der Waals surface area contributed by atoms with Crippen LogP contribution in [-0.4, -0.2) is 30.4 Å². The third-order valence-electron chi connectivity index (χ3n) is 4.17. The van der Waals surface area contributed by atoms with Crippen LogP contribution in [0, 0.1) is 0 Å². The second kappa shape index (κ2) is 9.56. The molecule has 0 aliphatic carbocycles. The molecule has 144 valence electrons. The summed E-state index contributed by atoms with van der Waals surface area (Å²) in [6.45, 7) is 5.28. The van der Waals surface area contributed by atoms with Crippen LogP contribution in [0.5, 0.6) is 0 Å². The Morgan fingerprint density at radius 2 is 1.81 bits per heavy atom. The van der Waals surface area contributed by atoms with Gasteiger partial charge in [0, 0.05) is 5.69 Å². The Balaban J connectivity index is 1.77. The van der Waals surface area contributed by atoms with E-state index in [0.717, 1.165) is 6.42 Å². The summed E-state index contributed by atoms with van der Waals surface area (Å²) < 4.78 is 9.88. The van der Waals surface area contributed by atoms with Gasteiger partial charge in [0.15, 0.2) is 12.4 Å². The van der Waals surface area contributed by atoms with Crippen molar-refractivity contribution in [3.63, 3.8) is 0 Å². The van der Waals surface area contributed by atoms with Crippen molar-refractivity contribution in [1.82, 2.24) is 5.32 Å². The van der Waals surface area contributed by atoms with Crippen molar-refractivity contribution in [2.45, 2.75) is 39.2 Å². The monoisotopic (exact) mass is 372 g/mol. The van der Waals surface area contributed by atoms with Crippen LogP contribution in [0.3, 0.4) is 0 Å². The van der Waals surface area contributed by atoms with Gasteiger partial charge in [0.25, 0.3) is 11.8 Å². The van der Waals surface area contributed by atoms with Gasteiger partial charge in [-0.3, -0.25) is 9.59 Å². The largest absolute Gasteiger partial charge is 0.459 e. The topological polar surface area (TPSA) is 97.6 Å². The first-order valence-electron chi connectivity index (χ1n) is 8.81. The standard InChI is InChI=1S/C20H24N2O5/c1-4-13(2)15-7-9-16(10-8-15)22-18(23)12-27-20(25)14(3)21-19(24)17-6-5-11-26-17/h5-11,13-14H,4,12H2,1-3H3,(H,21,24)(H,22,23)/t13-,14-/m0/s1. The summed E-state index contributed by atoms with van der Waals surface area (Å²) in [6, 6.07) is 9.68. The van der Waals surface area contributed by atoms with E-state index in [-0.39, 0.29) is 5.76 Å². The predicted molar refractivity (Wildman–Crippen MR) is 100 cm³/mol. The first-order valence-corrected chi connectivity index (χ1v) is 8.81. The van der Waals surface area contributed by atoms with Crippen LogP contribution in [0.4, 0.5) is 5.69 Å². The third kappa shape index (κ3) is 5.99. The zero-order valence-electron chi connectivity index (χ0n) is 15.7. The highest BCUT2D eigenvalue weighted by Gasteiger charge is 2.20. The molecule has 7 heteroatoms. The van der Waals surface area contributed by atoms with Gasteiger partial charge < -0.3 is 19.8 Å². The van der Waals surface area contributed by atoms with E-state index < -0.39 is 30.4 Å². The molecule has 2 aromatic rings. The molecule has 2 N–H and O–H groups in total. The molecule has 1 aromatic carbocycles. The number of ether oxygens (including phenoxy) is 1. The highest BCUT2D eigenvalue weighted by Crippen LogP contribution is 2.20. The van der Waals surface area contributed by atoms with Crippen LogP contribution in [0.25, 0.3) is 0 Å². The molecule has 1 heterocycles. The van der Waals surface area contributed by atoms with Gasteiger partial charge >= 0.3 is 5.97 Å². The van der Waals surface area contributed by atoms with Crippen LogP contribution >= 0.6 is 0 Å². The molecule has 2 rings (SSSR count). The molecule has 0 fully saturated rings. The Hall–Kier alpha value is -3.09. The number of esters is 1. The third-order valence-corrected chi connectivity index (χ3v) is 4.17. The summed E-state index contributed by atoms with van der Waals surface area (Å²) >= 11 is 0. The van der Waals surface area contributed by atoms with Crippen molar-refractivity contribution in [3.05, 3.63) is 54.0 Å². The quantitative estimate of drug-likeness (QED) is 0.694. The summed E-state index contributed by atoms with van der Waals surface area (Å²) in [5, 5.41) is 5.10. The molecule has 1 aromatic heterocycles. The number of nitrogens with one attached hydrogen (secondary N) is 2. The second-order valence-corrected chi connectivity index (χ2v) is 6.26. The molecule has 0 spiro atoms. The lowest BCUT2D eigenvalue weighted by atomic mass is 9.99. The lowest BCUT2D eigenvalue weighted by molar-refractivity contribution is -0.148. The number of hydrogen-bond acceptors (Lipinski definition) is 5. The van der Waals surface area contributed by atoms with Crippen LogP contribution in [0.15, 0.2) is 47.1 Å². The number of carbonyl (C=O) groups excluding carboxylic acids is 3. The Morgan fingerprint density at radius 3 is 2.41 bits per heavy atom.